The number of carbonyl (C=O) groups is 3. The summed E-state index contributed by atoms with van der Waals surface area (Å²) < 4.78 is 0. The Morgan fingerprint density at radius 2 is 1.75 bits per heavy atom. The fourth-order valence-electron chi connectivity index (χ4n) is 2.67. The lowest BCUT2D eigenvalue weighted by atomic mass is 9.93. The maximum Gasteiger partial charge on any atom is 0.305 e. The van der Waals surface area contributed by atoms with Gasteiger partial charge in [-0.05, 0) is 19.3 Å². The molecular weight excluding hydrogens is 260 g/mol. The molecule has 1 aliphatic carbocycles. The van der Waals surface area contributed by atoms with Crippen molar-refractivity contribution in [1.29, 1.82) is 0 Å². The fraction of sp³-hybridized carbons (Fsp3) is 0.786. The summed E-state index contributed by atoms with van der Waals surface area (Å²) in [6, 6.07) is 0. The smallest absolute Gasteiger partial charge is 0.305 e. The molecule has 6 heteroatoms. The van der Waals surface area contributed by atoms with Gasteiger partial charge in [0.05, 0.1) is 12.0 Å². The van der Waals surface area contributed by atoms with E-state index in [1.54, 1.807) is 14.1 Å². The maximum atomic E-state index is 11.9. The third kappa shape index (κ3) is 5.19. The number of carboxylic acid groups (broad SMARTS) is 1. The molecule has 0 heterocycles. The van der Waals surface area contributed by atoms with E-state index in [1.807, 2.05) is 0 Å². The minimum atomic E-state index is -0.880. The topological polar surface area (TPSA) is 86.7 Å². The van der Waals surface area contributed by atoms with Gasteiger partial charge in [-0.1, -0.05) is 12.8 Å². The van der Waals surface area contributed by atoms with Crippen molar-refractivity contribution in [2.24, 2.45) is 0 Å². The SMILES string of the molecule is CN(C)C(=O)CCCC(=O)NC1(CC(=O)O)CCCC1. The molecule has 0 aromatic carbocycles. The largest absolute Gasteiger partial charge is 0.481 e. The number of aliphatic carboxylic acids is 1. The van der Waals surface area contributed by atoms with Crippen LogP contribution in [-0.4, -0.2) is 47.4 Å². The molecule has 20 heavy (non-hydrogen) atoms. The summed E-state index contributed by atoms with van der Waals surface area (Å²) in [5.41, 5.74) is -0.575. The highest BCUT2D eigenvalue weighted by Crippen LogP contribution is 2.32. The highest BCUT2D eigenvalue weighted by Gasteiger charge is 2.37. The first kappa shape index (κ1) is 16.5. The first-order valence-corrected chi connectivity index (χ1v) is 7.08. The van der Waals surface area contributed by atoms with Crippen molar-refractivity contribution in [2.45, 2.75) is 56.9 Å². The second kappa shape index (κ2) is 7.26. The van der Waals surface area contributed by atoms with E-state index in [9.17, 15) is 14.4 Å². The molecule has 6 nitrogen and oxygen atoms in total. The van der Waals surface area contributed by atoms with Crippen molar-refractivity contribution in [3.8, 4) is 0 Å². The van der Waals surface area contributed by atoms with Gasteiger partial charge in [0.25, 0.3) is 0 Å². The number of hydrogen-bond donors (Lipinski definition) is 2. The third-order valence-corrected chi connectivity index (χ3v) is 3.75. The Bertz CT molecular complexity index is 373. The molecule has 0 aromatic rings. The van der Waals surface area contributed by atoms with Crippen LogP contribution in [0, 0.1) is 0 Å². The molecule has 2 amide bonds. The highest BCUT2D eigenvalue weighted by atomic mass is 16.4. The Kier molecular flexibility index (Phi) is 5.98. The van der Waals surface area contributed by atoms with E-state index in [-0.39, 0.29) is 24.7 Å². The van der Waals surface area contributed by atoms with Crippen LogP contribution in [0.25, 0.3) is 0 Å². The molecule has 0 bridgehead atoms. The third-order valence-electron chi connectivity index (χ3n) is 3.75. The van der Waals surface area contributed by atoms with Crippen LogP contribution >= 0.6 is 0 Å². The summed E-state index contributed by atoms with van der Waals surface area (Å²) in [6.07, 6.45) is 4.43. The molecule has 1 aliphatic rings. The predicted molar refractivity (Wildman–Crippen MR) is 74.1 cm³/mol. The average Bonchev–Trinajstić information content (AvgIpc) is 2.75. The van der Waals surface area contributed by atoms with E-state index in [4.69, 9.17) is 5.11 Å². The fourth-order valence-corrected chi connectivity index (χ4v) is 2.67. The van der Waals surface area contributed by atoms with Crippen molar-refractivity contribution in [3.05, 3.63) is 0 Å². The minimum Gasteiger partial charge on any atom is -0.481 e. The summed E-state index contributed by atoms with van der Waals surface area (Å²) in [4.78, 5) is 35.7. The van der Waals surface area contributed by atoms with E-state index < -0.39 is 11.5 Å². The number of nitrogens with zero attached hydrogens (tertiary/aromatic N) is 1. The van der Waals surface area contributed by atoms with E-state index >= 15 is 0 Å². The van der Waals surface area contributed by atoms with Crippen LogP contribution in [0.4, 0.5) is 0 Å². The molecular formula is C14H24N2O4. The predicted octanol–water partition coefficient (Wildman–Crippen LogP) is 1.15. The molecule has 0 radical (unpaired) electrons. The van der Waals surface area contributed by atoms with E-state index in [0.717, 1.165) is 25.7 Å². The molecule has 2 N–H and O–H groups in total. The first-order chi connectivity index (χ1) is 9.34. The van der Waals surface area contributed by atoms with Crippen molar-refractivity contribution in [2.75, 3.05) is 14.1 Å². The molecule has 1 rings (SSSR count). The zero-order valence-electron chi connectivity index (χ0n) is 12.3. The lowest BCUT2D eigenvalue weighted by Crippen LogP contribution is -2.47. The summed E-state index contributed by atoms with van der Waals surface area (Å²) in [5.74, 6) is -1.03. The van der Waals surface area contributed by atoms with Gasteiger partial charge in [0.1, 0.15) is 0 Å². The molecule has 0 unspecified atom stereocenters. The van der Waals surface area contributed by atoms with Gasteiger partial charge in [-0.25, -0.2) is 0 Å². The van der Waals surface area contributed by atoms with Crippen LogP contribution in [0.15, 0.2) is 0 Å². The second-order valence-electron chi connectivity index (χ2n) is 5.75. The first-order valence-electron chi connectivity index (χ1n) is 7.08. The molecule has 0 aromatic heterocycles. The monoisotopic (exact) mass is 284 g/mol. The minimum absolute atomic E-state index is 0.00100. The van der Waals surface area contributed by atoms with Gasteiger partial charge in [0.15, 0.2) is 0 Å². The van der Waals surface area contributed by atoms with Gasteiger partial charge >= 0.3 is 5.97 Å². The van der Waals surface area contributed by atoms with Gasteiger partial charge in [0.2, 0.25) is 11.8 Å². The summed E-state index contributed by atoms with van der Waals surface area (Å²) in [6.45, 7) is 0. The van der Waals surface area contributed by atoms with Gasteiger partial charge in [-0.3, -0.25) is 14.4 Å². The van der Waals surface area contributed by atoms with Crippen LogP contribution < -0.4 is 5.32 Å². The Morgan fingerprint density at radius 3 is 2.25 bits per heavy atom. The molecule has 0 aliphatic heterocycles. The number of rotatable bonds is 7. The van der Waals surface area contributed by atoms with Crippen LogP contribution in [0.1, 0.15) is 51.4 Å². The number of amides is 2. The van der Waals surface area contributed by atoms with Crippen molar-refractivity contribution >= 4 is 17.8 Å². The van der Waals surface area contributed by atoms with Crippen molar-refractivity contribution in [3.63, 3.8) is 0 Å². The zero-order valence-corrected chi connectivity index (χ0v) is 12.3. The molecule has 1 saturated carbocycles. The molecule has 114 valence electrons. The quantitative estimate of drug-likeness (QED) is 0.734. The molecule has 0 saturated heterocycles. The Labute approximate surface area is 119 Å². The summed E-state index contributed by atoms with van der Waals surface area (Å²) >= 11 is 0. The Morgan fingerprint density at radius 1 is 1.15 bits per heavy atom. The van der Waals surface area contributed by atoms with Crippen LogP contribution in [-0.2, 0) is 14.4 Å². The maximum absolute atomic E-state index is 11.9. The lowest BCUT2D eigenvalue weighted by Gasteiger charge is -2.28. The van der Waals surface area contributed by atoms with E-state index in [1.165, 1.54) is 4.90 Å². The van der Waals surface area contributed by atoms with E-state index in [2.05, 4.69) is 5.32 Å². The van der Waals surface area contributed by atoms with Gasteiger partial charge in [0, 0.05) is 26.9 Å². The van der Waals surface area contributed by atoms with Gasteiger partial charge < -0.3 is 15.3 Å². The van der Waals surface area contributed by atoms with Crippen LogP contribution in [0.5, 0.6) is 0 Å². The van der Waals surface area contributed by atoms with Crippen molar-refractivity contribution in [1.82, 2.24) is 10.2 Å². The summed E-state index contributed by atoms with van der Waals surface area (Å²) in [7, 11) is 3.37. The normalized spacial score (nSPS) is 16.7. The van der Waals surface area contributed by atoms with Gasteiger partial charge in [-0.2, -0.15) is 0 Å². The number of nitrogens with one attached hydrogen (secondary N) is 1. The Hall–Kier alpha value is -1.59. The van der Waals surface area contributed by atoms with Crippen LogP contribution in [0.2, 0.25) is 0 Å². The average molecular weight is 284 g/mol. The number of hydrogen-bond acceptors (Lipinski definition) is 3. The van der Waals surface area contributed by atoms with Crippen LogP contribution in [0.3, 0.4) is 0 Å². The second-order valence-corrected chi connectivity index (χ2v) is 5.75. The lowest BCUT2D eigenvalue weighted by molar-refractivity contribution is -0.139. The molecule has 1 fully saturated rings. The summed E-state index contributed by atoms with van der Waals surface area (Å²) in [5, 5.41) is 11.8. The van der Waals surface area contributed by atoms with Crippen molar-refractivity contribution < 1.29 is 19.5 Å². The number of carboxylic acids is 1. The standard InChI is InChI=1S/C14H24N2O4/c1-16(2)12(18)7-5-6-11(17)15-14(10-13(19)20)8-3-4-9-14/h3-10H2,1-2H3,(H,15,17)(H,19,20). The molecule has 0 atom stereocenters. The zero-order chi connectivity index (χ0) is 15.2. The van der Waals surface area contributed by atoms with Gasteiger partial charge in [-0.15, -0.1) is 0 Å². The number of carbonyl (C=O) groups excluding carboxylic acids is 2. The van der Waals surface area contributed by atoms with E-state index in [0.29, 0.717) is 12.8 Å². The highest BCUT2D eigenvalue weighted by molar-refractivity contribution is 5.80. The Balaban J connectivity index is 2.39. The molecule has 0 spiro atoms.